The fourth-order valence-electron chi connectivity index (χ4n) is 2.74. The zero-order valence-corrected chi connectivity index (χ0v) is 13.4. The van der Waals surface area contributed by atoms with Crippen molar-refractivity contribution in [3.05, 3.63) is 23.0 Å². The van der Waals surface area contributed by atoms with Crippen molar-refractivity contribution in [3.8, 4) is 0 Å². The van der Waals surface area contributed by atoms with Crippen molar-refractivity contribution < 1.29 is 4.79 Å². The van der Waals surface area contributed by atoms with Gasteiger partial charge in [-0.2, -0.15) is 10.2 Å². The second-order valence-electron chi connectivity index (χ2n) is 5.88. The number of nitrogens with one attached hydrogen (secondary N) is 1. The van der Waals surface area contributed by atoms with Gasteiger partial charge in [0.25, 0.3) is 5.91 Å². The maximum Gasteiger partial charge on any atom is 0.255 e. The van der Waals surface area contributed by atoms with Crippen LogP contribution in [0.25, 0.3) is 0 Å². The number of unbranched alkanes of at least 4 members (excludes halogenated alkanes) is 1. The molecule has 0 saturated carbocycles. The molecule has 1 saturated heterocycles. The number of carbonyl (C=O) groups is 1. The number of rotatable bonds is 6. The van der Waals surface area contributed by atoms with E-state index in [9.17, 15) is 4.79 Å². The fourth-order valence-corrected chi connectivity index (χ4v) is 2.74. The van der Waals surface area contributed by atoms with Crippen LogP contribution in [0.1, 0.15) is 54.4 Å². The van der Waals surface area contributed by atoms with Gasteiger partial charge in [-0.25, -0.2) is 0 Å². The van der Waals surface area contributed by atoms with Crippen LogP contribution in [0, 0.1) is 13.8 Å². The number of carbonyl (C=O) groups excluding carboxylic acids is 1. The predicted molar refractivity (Wildman–Crippen MR) is 83.3 cm³/mol. The third kappa shape index (κ3) is 4.24. The second kappa shape index (κ2) is 7.50. The number of amides is 1. The summed E-state index contributed by atoms with van der Waals surface area (Å²) in [6, 6.07) is 2.29. The molecule has 1 unspecified atom stereocenters. The summed E-state index contributed by atoms with van der Waals surface area (Å²) in [5, 5.41) is 11.6. The van der Waals surface area contributed by atoms with Crippen molar-refractivity contribution in [3.63, 3.8) is 0 Å². The van der Waals surface area contributed by atoms with E-state index in [1.807, 2.05) is 24.8 Å². The first-order valence-corrected chi connectivity index (χ1v) is 7.95. The summed E-state index contributed by atoms with van der Waals surface area (Å²) in [7, 11) is 0. The molecule has 116 valence electrons. The van der Waals surface area contributed by atoms with E-state index in [-0.39, 0.29) is 5.91 Å². The van der Waals surface area contributed by atoms with Crippen LogP contribution in [0.4, 0.5) is 0 Å². The Morgan fingerprint density at radius 2 is 2.24 bits per heavy atom. The predicted octanol–water partition coefficient (Wildman–Crippen LogP) is 2.09. The molecule has 1 amide bonds. The zero-order chi connectivity index (χ0) is 15.2. The molecule has 1 aromatic rings. The molecule has 1 fully saturated rings. The molecule has 2 rings (SSSR count). The van der Waals surface area contributed by atoms with Crippen LogP contribution in [-0.4, -0.2) is 46.7 Å². The van der Waals surface area contributed by atoms with E-state index in [0.717, 1.165) is 44.6 Å². The van der Waals surface area contributed by atoms with E-state index in [0.29, 0.717) is 17.3 Å². The van der Waals surface area contributed by atoms with E-state index in [4.69, 9.17) is 0 Å². The van der Waals surface area contributed by atoms with Crippen molar-refractivity contribution in [2.45, 2.75) is 52.5 Å². The summed E-state index contributed by atoms with van der Waals surface area (Å²) in [6.07, 6.45) is 4.49. The quantitative estimate of drug-likeness (QED) is 0.871. The van der Waals surface area contributed by atoms with Gasteiger partial charge in [0.05, 0.1) is 17.0 Å². The molecule has 5 nitrogen and oxygen atoms in total. The Morgan fingerprint density at radius 1 is 1.43 bits per heavy atom. The van der Waals surface area contributed by atoms with Crippen LogP contribution in [0.2, 0.25) is 0 Å². The van der Waals surface area contributed by atoms with Crippen LogP contribution < -0.4 is 5.32 Å². The van der Waals surface area contributed by atoms with Crippen molar-refractivity contribution in [2.75, 3.05) is 19.6 Å². The van der Waals surface area contributed by atoms with E-state index in [1.54, 1.807) is 0 Å². The molecule has 0 aromatic carbocycles. The summed E-state index contributed by atoms with van der Waals surface area (Å²) in [5.41, 5.74) is 2.20. The summed E-state index contributed by atoms with van der Waals surface area (Å²) >= 11 is 0. The van der Waals surface area contributed by atoms with Crippen LogP contribution >= 0.6 is 0 Å². The molecule has 1 N–H and O–H groups in total. The molecule has 1 aliphatic rings. The maximum atomic E-state index is 12.8. The monoisotopic (exact) mass is 290 g/mol. The number of hydrogen-bond acceptors (Lipinski definition) is 4. The smallest absolute Gasteiger partial charge is 0.255 e. The van der Waals surface area contributed by atoms with Gasteiger partial charge in [0, 0.05) is 19.1 Å². The standard InChI is InChI=1S/C16H26N4O/c1-4-5-9-20(11-14-7-6-8-17-14)16(21)15-10-12(2)18-19-13(15)3/h10,14,17H,4-9,11H2,1-3H3. The number of aryl methyl sites for hydroxylation is 2. The molecule has 1 atom stereocenters. The van der Waals surface area contributed by atoms with Gasteiger partial charge in [-0.1, -0.05) is 13.3 Å². The number of nitrogens with zero attached hydrogens (tertiary/aromatic N) is 3. The largest absolute Gasteiger partial charge is 0.337 e. The lowest BCUT2D eigenvalue weighted by Gasteiger charge is -2.26. The van der Waals surface area contributed by atoms with Crippen LogP contribution in [-0.2, 0) is 0 Å². The Morgan fingerprint density at radius 3 is 2.90 bits per heavy atom. The van der Waals surface area contributed by atoms with Crippen molar-refractivity contribution in [1.29, 1.82) is 0 Å². The van der Waals surface area contributed by atoms with Gasteiger partial charge in [-0.15, -0.1) is 0 Å². The minimum Gasteiger partial charge on any atom is -0.337 e. The fraction of sp³-hybridized carbons (Fsp3) is 0.688. The highest BCUT2D eigenvalue weighted by molar-refractivity contribution is 5.95. The second-order valence-corrected chi connectivity index (χ2v) is 5.88. The Hall–Kier alpha value is -1.49. The normalized spacial score (nSPS) is 18.0. The highest BCUT2D eigenvalue weighted by atomic mass is 16.2. The minimum atomic E-state index is 0.0904. The van der Waals surface area contributed by atoms with E-state index >= 15 is 0 Å². The Balaban J connectivity index is 2.13. The lowest BCUT2D eigenvalue weighted by atomic mass is 10.1. The number of hydrogen-bond donors (Lipinski definition) is 1. The molecule has 0 bridgehead atoms. The molecular weight excluding hydrogens is 264 g/mol. The first-order chi connectivity index (χ1) is 10.1. The lowest BCUT2D eigenvalue weighted by molar-refractivity contribution is 0.0738. The summed E-state index contributed by atoms with van der Waals surface area (Å²) in [6.45, 7) is 8.55. The molecule has 1 aromatic heterocycles. The molecule has 0 radical (unpaired) electrons. The van der Waals surface area contributed by atoms with Crippen molar-refractivity contribution in [1.82, 2.24) is 20.4 Å². The third-order valence-electron chi connectivity index (χ3n) is 4.00. The first-order valence-electron chi connectivity index (χ1n) is 7.95. The SMILES string of the molecule is CCCCN(CC1CCCN1)C(=O)c1cc(C)nnc1C. The minimum absolute atomic E-state index is 0.0904. The summed E-state index contributed by atoms with van der Waals surface area (Å²) in [5.74, 6) is 0.0904. The van der Waals surface area contributed by atoms with Crippen LogP contribution in [0.3, 0.4) is 0 Å². The Labute approximate surface area is 127 Å². The van der Waals surface area contributed by atoms with E-state index in [1.165, 1.54) is 6.42 Å². The van der Waals surface area contributed by atoms with Gasteiger partial charge in [0.1, 0.15) is 0 Å². The molecule has 5 heteroatoms. The van der Waals surface area contributed by atoms with Gasteiger partial charge < -0.3 is 10.2 Å². The lowest BCUT2D eigenvalue weighted by Crippen LogP contribution is -2.42. The van der Waals surface area contributed by atoms with Crippen molar-refractivity contribution in [2.24, 2.45) is 0 Å². The zero-order valence-electron chi connectivity index (χ0n) is 13.4. The average molecular weight is 290 g/mol. The van der Waals surface area contributed by atoms with Crippen LogP contribution in [0.15, 0.2) is 6.07 Å². The maximum absolute atomic E-state index is 12.8. The molecule has 0 spiro atoms. The third-order valence-corrected chi connectivity index (χ3v) is 4.00. The van der Waals surface area contributed by atoms with Gasteiger partial charge in [-0.3, -0.25) is 4.79 Å². The highest BCUT2D eigenvalue weighted by Gasteiger charge is 2.23. The molecular formula is C16H26N4O. The molecule has 21 heavy (non-hydrogen) atoms. The highest BCUT2D eigenvalue weighted by Crippen LogP contribution is 2.14. The van der Waals surface area contributed by atoms with Crippen molar-refractivity contribution >= 4 is 5.91 Å². The Bertz CT molecular complexity index is 483. The first kappa shape index (κ1) is 15.9. The summed E-state index contributed by atoms with van der Waals surface area (Å²) in [4.78, 5) is 14.8. The average Bonchev–Trinajstić information content (AvgIpc) is 2.98. The van der Waals surface area contributed by atoms with Gasteiger partial charge in [0.15, 0.2) is 0 Å². The van der Waals surface area contributed by atoms with Gasteiger partial charge in [-0.05, 0) is 45.7 Å². The van der Waals surface area contributed by atoms with Gasteiger partial charge >= 0.3 is 0 Å². The number of aromatic nitrogens is 2. The van der Waals surface area contributed by atoms with Crippen LogP contribution in [0.5, 0.6) is 0 Å². The van der Waals surface area contributed by atoms with E-state index in [2.05, 4.69) is 22.4 Å². The molecule has 1 aliphatic heterocycles. The van der Waals surface area contributed by atoms with E-state index < -0.39 is 0 Å². The Kier molecular flexibility index (Phi) is 5.67. The molecule has 2 heterocycles. The van der Waals surface area contributed by atoms with Gasteiger partial charge in [0.2, 0.25) is 0 Å². The molecule has 0 aliphatic carbocycles. The topological polar surface area (TPSA) is 58.1 Å². The summed E-state index contributed by atoms with van der Waals surface area (Å²) < 4.78 is 0.